The quantitative estimate of drug-likeness (QED) is 0.489. The van der Waals surface area contributed by atoms with Crippen LogP contribution in [-0.2, 0) is 14.4 Å². The molecule has 1 fully saturated rings. The number of barbiturate groups is 1. The summed E-state index contributed by atoms with van der Waals surface area (Å²) in [7, 11) is 0. The summed E-state index contributed by atoms with van der Waals surface area (Å²) in [5.74, 6) is -1.96. The van der Waals surface area contributed by atoms with E-state index in [2.05, 4.69) is 16.4 Å². The molecule has 0 atom stereocenters. The van der Waals surface area contributed by atoms with Gasteiger partial charge in [0.05, 0.1) is 6.54 Å². The van der Waals surface area contributed by atoms with E-state index in [9.17, 15) is 19.2 Å². The molecule has 8 heteroatoms. The lowest BCUT2D eigenvalue weighted by molar-refractivity contribution is -0.145. The zero-order chi connectivity index (χ0) is 14.3. The van der Waals surface area contributed by atoms with E-state index in [1.807, 2.05) is 0 Å². The number of urea groups is 1. The molecule has 0 aromatic carbocycles. The molecule has 0 saturated carbocycles. The Balaban J connectivity index is 0.000000494. The molecular weight excluding hydrogens is 242 g/mol. The molecule has 8 nitrogen and oxygen atoms in total. The summed E-state index contributed by atoms with van der Waals surface area (Å²) in [6.07, 6.45) is 0.795. The summed E-state index contributed by atoms with van der Waals surface area (Å²) in [6.45, 7) is 3.22. The predicted molar refractivity (Wildman–Crippen MR) is 61.4 cm³/mol. The maximum Gasteiger partial charge on any atom is 0.328 e. The number of hydrogen-bond acceptors (Lipinski definition) is 5. The Morgan fingerprint density at radius 3 is 1.72 bits per heavy atom. The molecule has 102 valence electrons. The van der Waals surface area contributed by atoms with E-state index in [4.69, 9.17) is 5.11 Å². The van der Waals surface area contributed by atoms with Gasteiger partial charge in [-0.15, -0.1) is 0 Å². The van der Waals surface area contributed by atoms with E-state index in [0.717, 1.165) is 0 Å². The second-order valence-electron chi connectivity index (χ2n) is 3.62. The maximum atomic E-state index is 11.4. The summed E-state index contributed by atoms with van der Waals surface area (Å²) in [6, 6.07) is -0.729. The summed E-state index contributed by atoms with van der Waals surface area (Å²) < 4.78 is 0. The molecule has 0 radical (unpaired) electrons. The molecule has 0 unspecified atom stereocenters. The normalized spacial score (nSPS) is 17.2. The van der Waals surface area contributed by atoms with Gasteiger partial charge in [0.2, 0.25) is 11.8 Å². The van der Waals surface area contributed by atoms with Crippen molar-refractivity contribution in [2.24, 2.45) is 11.1 Å². The minimum atomic E-state index is -1.06. The molecule has 0 aliphatic carbocycles. The van der Waals surface area contributed by atoms with Crippen LogP contribution in [0.3, 0.4) is 0 Å². The average molecular weight is 259 g/mol. The van der Waals surface area contributed by atoms with Crippen LogP contribution >= 0.6 is 0 Å². The molecule has 1 rings (SSSR count). The second-order valence-corrected chi connectivity index (χ2v) is 3.62. The highest BCUT2D eigenvalue weighted by Gasteiger charge is 2.47. The lowest BCUT2D eigenvalue weighted by Gasteiger charge is -2.31. The standard InChI is InChI=1S/C8H12N2O3.C2H5NO2/c1-3-8(4-2)5(11)9-7(13)10-6(8)12;3-1-2(4)5/h3-4H2,1-2H3,(H2,9,10,11,12,13);1,3H2,(H,4,5). The Labute approximate surface area is 104 Å². The number of rotatable bonds is 3. The predicted octanol–water partition coefficient (Wildman–Crippen LogP) is -0.811. The van der Waals surface area contributed by atoms with Crippen molar-refractivity contribution in [3.63, 3.8) is 0 Å². The van der Waals surface area contributed by atoms with Gasteiger partial charge in [0.25, 0.3) is 0 Å². The van der Waals surface area contributed by atoms with Crippen molar-refractivity contribution in [1.82, 2.24) is 10.6 Å². The van der Waals surface area contributed by atoms with Gasteiger partial charge < -0.3 is 10.8 Å². The van der Waals surface area contributed by atoms with Crippen LogP contribution in [0.1, 0.15) is 26.7 Å². The van der Waals surface area contributed by atoms with Crippen LogP contribution in [0.15, 0.2) is 0 Å². The minimum absolute atomic E-state index is 0.278. The molecule has 1 aliphatic heterocycles. The zero-order valence-corrected chi connectivity index (χ0v) is 10.3. The molecule has 0 bridgehead atoms. The van der Waals surface area contributed by atoms with Crippen LogP contribution in [0.2, 0.25) is 0 Å². The average Bonchev–Trinajstić information content (AvgIpc) is 2.30. The van der Waals surface area contributed by atoms with E-state index < -0.39 is 29.2 Å². The monoisotopic (exact) mass is 259 g/mol. The summed E-state index contributed by atoms with van der Waals surface area (Å²) in [5, 5.41) is 11.8. The van der Waals surface area contributed by atoms with Gasteiger partial charge in [0.15, 0.2) is 0 Å². The van der Waals surface area contributed by atoms with Gasteiger partial charge in [-0.05, 0) is 12.8 Å². The summed E-state index contributed by atoms with van der Waals surface area (Å²) in [4.78, 5) is 42.8. The van der Waals surface area contributed by atoms with Crippen molar-refractivity contribution in [3.8, 4) is 0 Å². The zero-order valence-electron chi connectivity index (χ0n) is 10.3. The highest BCUT2D eigenvalue weighted by Crippen LogP contribution is 2.28. The molecule has 1 saturated heterocycles. The smallest absolute Gasteiger partial charge is 0.328 e. The van der Waals surface area contributed by atoms with E-state index in [1.165, 1.54) is 0 Å². The molecular formula is C10H17N3O5. The molecule has 0 aromatic heterocycles. The molecule has 1 heterocycles. The van der Waals surface area contributed by atoms with E-state index in [-0.39, 0.29) is 6.54 Å². The van der Waals surface area contributed by atoms with Crippen LogP contribution in [0.4, 0.5) is 4.79 Å². The van der Waals surface area contributed by atoms with Crippen LogP contribution < -0.4 is 16.4 Å². The first kappa shape index (κ1) is 16.0. The fourth-order valence-electron chi connectivity index (χ4n) is 1.47. The maximum absolute atomic E-state index is 11.4. The second kappa shape index (κ2) is 6.70. The first-order valence-corrected chi connectivity index (χ1v) is 5.42. The van der Waals surface area contributed by atoms with Crippen LogP contribution in [0.5, 0.6) is 0 Å². The van der Waals surface area contributed by atoms with Gasteiger partial charge in [-0.25, -0.2) is 4.79 Å². The number of amides is 4. The molecule has 4 amide bonds. The van der Waals surface area contributed by atoms with Crippen molar-refractivity contribution >= 4 is 23.8 Å². The lowest BCUT2D eigenvalue weighted by Crippen LogP contribution is -2.61. The third-order valence-electron chi connectivity index (χ3n) is 2.71. The Bertz CT molecular complexity index is 341. The van der Waals surface area contributed by atoms with Gasteiger partial charge in [-0.1, -0.05) is 13.8 Å². The number of hydrogen-bond donors (Lipinski definition) is 4. The third kappa shape index (κ3) is 3.52. The molecule has 1 aliphatic rings. The number of aliphatic carboxylic acids is 1. The summed E-state index contributed by atoms with van der Waals surface area (Å²) in [5.41, 5.74) is 3.51. The Hall–Kier alpha value is -1.96. The van der Waals surface area contributed by atoms with Crippen molar-refractivity contribution < 1.29 is 24.3 Å². The number of imide groups is 2. The van der Waals surface area contributed by atoms with Gasteiger partial charge in [0.1, 0.15) is 5.41 Å². The number of carboxylic acid groups (broad SMARTS) is 1. The van der Waals surface area contributed by atoms with Crippen molar-refractivity contribution in [3.05, 3.63) is 0 Å². The number of carbonyl (C=O) groups excluding carboxylic acids is 3. The largest absolute Gasteiger partial charge is 0.480 e. The van der Waals surface area contributed by atoms with E-state index in [0.29, 0.717) is 12.8 Å². The number of carboxylic acids is 1. The number of nitrogens with two attached hydrogens (primary N) is 1. The third-order valence-corrected chi connectivity index (χ3v) is 2.71. The van der Waals surface area contributed by atoms with Crippen LogP contribution in [-0.4, -0.2) is 35.5 Å². The van der Waals surface area contributed by atoms with Crippen LogP contribution in [0, 0.1) is 5.41 Å². The highest BCUT2D eigenvalue weighted by molar-refractivity contribution is 6.19. The Morgan fingerprint density at radius 2 is 1.50 bits per heavy atom. The first-order chi connectivity index (χ1) is 8.33. The Morgan fingerprint density at radius 1 is 1.17 bits per heavy atom. The van der Waals surface area contributed by atoms with Crippen molar-refractivity contribution in [1.29, 1.82) is 0 Å². The van der Waals surface area contributed by atoms with Crippen LogP contribution in [0.25, 0.3) is 0 Å². The molecule has 5 N–H and O–H groups in total. The van der Waals surface area contributed by atoms with Crippen molar-refractivity contribution in [2.45, 2.75) is 26.7 Å². The first-order valence-electron chi connectivity index (χ1n) is 5.42. The minimum Gasteiger partial charge on any atom is -0.480 e. The van der Waals surface area contributed by atoms with Gasteiger partial charge in [0, 0.05) is 0 Å². The fourth-order valence-corrected chi connectivity index (χ4v) is 1.47. The fraction of sp³-hybridized carbons (Fsp3) is 0.600. The van der Waals surface area contributed by atoms with Gasteiger partial charge >= 0.3 is 12.0 Å². The number of carbonyl (C=O) groups is 4. The highest BCUT2D eigenvalue weighted by atomic mass is 16.4. The SMILES string of the molecule is CCC1(CC)C(=O)NC(=O)NC1=O.NCC(=O)O. The van der Waals surface area contributed by atoms with E-state index >= 15 is 0 Å². The molecule has 18 heavy (non-hydrogen) atoms. The van der Waals surface area contributed by atoms with Gasteiger partial charge in [-0.2, -0.15) is 0 Å². The summed E-state index contributed by atoms with van der Waals surface area (Å²) >= 11 is 0. The lowest BCUT2D eigenvalue weighted by atomic mass is 9.79. The molecule has 0 spiro atoms. The number of nitrogens with one attached hydrogen (secondary N) is 2. The topological polar surface area (TPSA) is 139 Å². The van der Waals surface area contributed by atoms with Crippen molar-refractivity contribution in [2.75, 3.05) is 6.54 Å². The van der Waals surface area contributed by atoms with Gasteiger partial charge in [-0.3, -0.25) is 25.0 Å². The molecule has 0 aromatic rings. The Kier molecular flexibility index (Phi) is 5.97. The van der Waals surface area contributed by atoms with E-state index in [1.54, 1.807) is 13.8 Å².